The van der Waals surface area contributed by atoms with Gasteiger partial charge in [0.1, 0.15) is 5.82 Å². The molecular formula is C16H23FN2O2. The maximum Gasteiger partial charge on any atom is 0.237 e. The van der Waals surface area contributed by atoms with Crippen molar-refractivity contribution >= 4 is 5.91 Å². The predicted molar refractivity (Wildman–Crippen MR) is 79.2 cm³/mol. The van der Waals surface area contributed by atoms with Gasteiger partial charge in [-0.15, -0.1) is 0 Å². The third-order valence-electron chi connectivity index (χ3n) is 3.95. The van der Waals surface area contributed by atoms with Gasteiger partial charge in [0.05, 0.1) is 6.04 Å². The molecule has 1 aromatic carbocycles. The Morgan fingerprint density at radius 3 is 2.76 bits per heavy atom. The van der Waals surface area contributed by atoms with E-state index in [0.717, 1.165) is 12.8 Å². The summed E-state index contributed by atoms with van der Waals surface area (Å²) >= 11 is 0. The number of hydrogen-bond donors (Lipinski definition) is 2. The summed E-state index contributed by atoms with van der Waals surface area (Å²) in [4.78, 5) is 12.2. The Morgan fingerprint density at radius 2 is 2.10 bits per heavy atom. The van der Waals surface area contributed by atoms with E-state index in [0.29, 0.717) is 25.2 Å². The first-order valence-electron chi connectivity index (χ1n) is 7.45. The second-order valence-corrected chi connectivity index (χ2v) is 5.68. The van der Waals surface area contributed by atoms with Gasteiger partial charge in [-0.25, -0.2) is 4.39 Å². The molecule has 2 rings (SSSR count). The lowest BCUT2D eigenvalue weighted by Gasteiger charge is -2.27. The molecular weight excluding hydrogens is 271 g/mol. The van der Waals surface area contributed by atoms with Crippen molar-refractivity contribution in [3.8, 4) is 0 Å². The van der Waals surface area contributed by atoms with Crippen LogP contribution >= 0.6 is 0 Å². The molecule has 3 N–H and O–H groups in total. The van der Waals surface area contributed by atoms with Crippen LogP contribution in [0.3, 0.4) is 0 Å². The summed E-state index contributed by atoms with van der Waals surface area (Å²) in [5.74, 6) is -0.238. The Kier molecular flexibility index (Phi) is 5.70. The van der Waals surface area contributed by atoms with Crippen molar-refractivity contribution in [1.82, 2.24) is 5.32 Å². The third-order valence-corrected chi connectivity index (χ3v) is 3.95. The third kappa shape index (κ3) is 4.51. The zero-order chi connectivity index (χ0) is 15.2. The fraction of sp³-hybridized carbons (Fsp3) is 0.562. The molecule has 1 fully saturated rings. The van der Waals surface area contributed by atoms with E-state index < -0.39 is 6.04 Å². The molecule has 1 heterocycles. The first kappa shape index (κ1) is 15.9. The lowest BCUT2D eigenvalue weighted by molar-refractivity contribution is -0.124. The fourth-order valence-electron chi connectivity index (χ4n) is 2.67. The highest BCUT2D eigenvalue weighted by atomic mass is 19.1. The molecule has 0 radical (unpaired) electrons. The number of halogens is 1. The van der Waals surface area contributed by atoms with Crippen molar-refractivity contribution in [3.63, 3.8) is 0 Å². The first-order valence-corrected chi connectivity index (χ1v) is 7.45. The molecule has 2 unspecified atom stereocenters. The van der Waals surface area contributed by atoms with Gasteiger partial charge < -0.3 is 15.8 Å². The van der Waals surface area contributed by atoms with Crippen LogP contribution in [0.2, 0.25) is 0 Å². The van der Waals surface area contributed by atoms with E-state index in [1.54, 1.807) is 18.2 Å². The summed E-state index contributed by atoms with van der Waals surface area (Å²) in [6, 6.07) is 5.94. The Morgan fingerprint density at radius 1 is 1.43 bits per heavy atom. The average Bonchev–Trinajstić information content (AvgIpc) is 2.49. The van der Waals surface area contributed by atoms with E-state index in [2.05, 4.69) is 5.32 Å². The number of benzene rings is 1. The highest BCUT2D eigenvalue weighted by Crippen LogP contribution is 2.18. The smallest absolute Gasteiger partial charge is 0.237 e. The van der Waals surface area contributed by atoms with Gasteiger partial charge in [-0.2, -0.15) is 0 Å². The fourth-order valence-corrected chi connectivity index (χ4v) is 2.67. The molecule has 1 aliphatic rings. The van der Waals surface area contributed by atoms with Gasteiger partial charge in [-0.3, -0.25) is 4.79 Å². The van der Waals surface area contributed by atoms with E-state index in [9.17, 15) is 9.18 Å². The molecule has 1 saturated heterocycles. The van der Waals surface area contributed by atoms with Gasteiger partial charge >= 0.3 is 0 Å². The monoisotopic (exact) mass is 294 g/mol. The zero-order valence-corrected chi connectivity index (χ0v) is 12.3. The Bertz CT molecular complexity index is 475. The molecule has 0 aliphatic carbocycles. The number of carbonyl (C=O) groups excluding carboxylic acids is 1. The molecule has 21 heavy (non-hydrogen) atoms. The van der Waals surface area contributed by atoms with Crippen LogP contribution in [0.4, 0.5) is 4.39 Å². The second-order valence-electron chi connectivity index (χ2n) is 5.68. The van der Waals surface area contributed by atoms with Crippen molar-refractivity contribution in [2.45, 2.75) is 38.3 Å². The molecule has 1 aliphatic heterocycles. The van der Waals surface area contributed by atoms with Crippen molar-refractivity contribution in [2.75, 3.05) is 13.2 Å². The van der Waals surface area contributed by atoms with E-state index >= 15 is 0 Å². The maximum atomic E-state index is 13.6. The summed E-state index contributed by atoms with van der Waals surface area (Å²) < 4.78 is 18.9. The molecule has 1 aromatic rings. The van der Waals surface area contributed by atoms with E-state index in [-0.39, 0.29) is 23.7 Å². The van der Waals surface area contributed by atoms with E-state index in [1.165, 1.54) is 6.07 Å². The average molecular weight is 294 g/mol. The molecule has 5 heteroatoms. The molecule has 0 spiro atoms. The number of carbonyl (C=O) groups is 1. The molecule has 0 saturated carbocycles. The Balaban J connectivity index is 1.85. The summed E-state index contributed by atoms with van der Waals surface area (Å²) in [6.45, 7) is 3.19. The van der Waals surface area contributed by atoms with E-state index in [4.69, 9.17) is 10.5 Å². The quantitative estimate of drug-likeness (QED) is 0.867. The van der Waals surface area contributed by atoms with Crippen LogP contribution in [0, 0.1) is 11.7 Å². The second kappa shape index (κ2) is 7.52. The van der Waals surface area contributed by atoms with Gasteiger partial charge in [0, 0.05) is 19.3 Å². The van der Waals surface area contributed by atoms with Crippen LogP contribution in [0.15, 0.2) is 24.3 Å². The van der Waals surface area contributed by atoms with Crippen molar-refractivity contribution in [2.24, 2.45) is 11.7 Å². The molecule has 4 nitrogen and oxygen atoms in total. The lowest BCUT2D eigenvalue weighted by atomic mass is 9.91. The van der Waals surface area contributed by atoms with Crippen molar-refractivity contribution < 1.29 is 13.9 Å². The van der Waals surface area contributed by atoms with Gasteiger partial charge in [0.15, 0.2) is 0 Å². The van der Waals surface area contributed by atoms with Gasteiger partial charge in [-0.05, 0) is 43.7 Å². The molecule has 0 aromatic heterocycles. The molecule has 0 bridgehead atoms. The minimum atomic E-state index is -0.517. The summed E-state index contributed by atoms with van der Waals surface area (Å²) in [6.07, 6.45) is 2.09. The molecule has 116 valence electrons. The first-order chi connectivity index (χ1) is 10.1. The van der Waals surface area contributed by atoms with Crippen LogP contribution in [0.5, 0.6) is 0 Å². The summed E-state index contributed by atoms with van der Waals surface area (Å²) in [7, 11) is 0. The molecule has 2 atom stereocenters. The molecule has 1 amide bonds. The number of hydrogen-bond acceptors (Lipinski definition) is 3. The SMILES string of the molecule is CC(Cc1ccccc1F)NC(=O)C(N)C1CCOCC1. The topological polar surface area (TPSA) is 64.4 Å². The van der Waals surface area contributed by atoms with Crippen LogP contribution < -0.4 is 11.1 Å². The lowest BCUT2D eigenvalue weighted by Crippen LogP contribution is -2.49. The Hall–Kier alpha value is -1.46. The largest absolute Gasteiger partial charge is 0.381 e. The van der Waals surface area contributed by atoms with Gasteiger partial charge in [0.25, 0.3) is 0 Å². The number of ether oxygens (including phenoxy) is 1. The zero-order valence-electron chi connectivity index (χ0n) is 12.3. The number of rotatable bonds is 5. The number of amides is 1. The maximum absolute atomic E-state index is 13.6. The minimum absolute atomic E-state index is 0.153. The predicted octanol–water partition coefficient (Wildman–Crippen LogP) is 1.63. The summed E-state index contributed by atoms with van der Waals surface area (Å²) in [5.41, 5.74) is 6.62. The Labute approximate surface area is 124 Å². The highest BCUT2D eigenvalue weighted by molar-refractivity contribution is 5.82. The minimum Gasteiger partial charge on any atom is -0.381 e. The summed E-state index contributed by atoms with van der Waals surface area (Å²) in [5, 5.41) is 2.88. The normalized spacial score (nSPS) is 19.0. The van der Waals surface area contributed by atoms with Gasteiger partial charge in [-0.1, -0.05) is 18.2 Å². The van der Waals surface area contributed by atoms with Crippen LogP contribution in [-0.2, 0) is 16.0 Å². The van der Waals surface area contributed by atoms with E-state index in [1.807, 2.05) is 6.92 Å². The highest BCUT2D eigenvalue weighted by Gasteiger charge is 2.27. The number of nitrogens with two attached hydrogens (primary N) is 1. The standard InChI is InChI=1S/C16H23FN2O2/c1-11(10-13-4-2-3-5-14(13)17)19-16(20)15(18)12-6-8-21-9-7-12/h2-5,11-12,15H,6-10,18H2,1H3,(H,19,20). The van der Waals surface area contributed by atoms with Crippen molar-refractivity contribution in [1.29, 1.82) is 0 Å². The van der Waals surface area contributed by atoms with Crippen molar-refractivity contribution in [3.05, 3.63) is 35.6 Å². The van der Waals surface area contributed by atoms with Crippen LogP contribution in [-0.4, -0.2) is 31.2 Å². The van der Waals surface area contributed by atoms with Crippen LogP contribution in [0.25, 0.3) is 0 Å². The van der Waals surface area contributed by atoms with Gasteiger partial charge in [0.2, 0.25) is 5.91 Å². The number of nitrogens with one attached hydrogen (secondary N) is 1. The van der Waals surface area contributed by atoms with Crippen LogP contribution in [0.1, 0.15) is 25.3 Å².